The second kappa shape index (κ2) is 13.9. The molecule has 4 aliphatic rings. The molecule has 0 bridgehead atoms. The van der Waals surface area contributed by atoms with Crippen LogP contribution < -0.4 is 19.9 Å². The van der Waals surface area contributed by atoms with Crippen molar-refractivity contribution in [2.75, 3.05) is 45.3 Å². The maximum absolute atomic E-state index is 13.5. The molecule has 1 unspecified atom stereocenters. The van der Waals surface area contributed by atoms with Gasteiger partial charge in [-0.1, -0.05) is 12.1 Å². The van der Waals surface area contributed by atoms with E-state index in [9.17, 15) is 29.1 Å². The second-order valence-corrected chi connectivity index (χ2v) is 14.6. The quantitative estimate of drug-likeness (QED) is 0.257. The zero-order valence-electron chi connectivity index (χ0n) is 30.5. The monoisotopic (exact) mass is 734 g/mol. The Bertz CT molecular complexity index is 2250. The first-order chi connectivity index (χ1) is 26.1. The van der Waals surface area contributed by atoms with Crippen molar-refractivity contribution < 1.29 is 33.8 Å². The summed E-state index contributed by atoms with van der Waals surface area (Å²) in [6.45, 7) is 4.32. The van der Waals surface area contributed by atoms with Crippen molar-refractivity contribution in [2.24, 2.45) is 7.05 Å². The predicted octanol–water partition coefficient (Wildman–Crippen LogP) is 4.36. The van der Waals surface area contributed by atoms with E-state index in [2.05, 4.69) is 14.8 Å². The van der Waals surface area contributed by atoms with Crippen molar-refractivity contribution in [3.05, 3.63) is 81.4 Å². The summed E-state index contributed by atoms with van der Waals surface area (Å²) in [6.07, 6.45) is 4.77. The number of imide groups is 3. The summed E-state index contributed by atoms with van der Waals surface area (Å²) in [5, 5.41) is 10.8. The SMILES string of the molecule is COc1cc(-c2cn(C)c(=O)c3cnc(N4CCC4)cc23)cc(OC)c1CN1CCC(c2ccc3c(c2)C(=O)N(C2CCC(=O)N(C(=O)O)C2=O)C3)CC1. The number of likely N-dealkylation sites (tertiary alicyclic amines) is 2. The molecule has 3 saturated heterocycles. The van der Waals surface area contributed by atoms with Crippen molar-refractivity contribution >= 4 is 40.4 Å². The van der Waals surface area contributed by atoms with Crippen LogP contribution in [0.25, 0.3) is 21.9 Å². The fraction of sp³-hybridized carbons (Fsp3) is 0.400. The van der Waals surface area contributed by atoms with Gasteiger partial charge in [0.1, 0.15) is 23.4 Å². The standard InChI is InChI=1S/C40H42N6O8/c1-42-21-30(28-18-35(44-11-4-12-44)41-19-29(28)37(42)48)26-16-33(53-2)31(34(17-26)54-3)22-43-13-9-23(10-14-43)24-5-6-25-20-45(38(49)27(25)15-24)32-7-8-36(47)46(39(32)50)40(51)52/h5-6,15-19,21,23,32H,4,7-14,20,22H2,1-3H3,(H,51,52). The number of ether oxygens (including phenoxy) is 2. The molecular weight excluding hydrogens is 692 g/mol. The Morgan fingerprint density at radius 2 is 1.63 bits per heavy atom. The normalized spacial score (nSPS) is 19.4. The Balaban J connectivity index is 0.983. The second-order valence-electron chi connectivity index (χ2n) is 14.6. The number of benzene rings is 2. The molecule has 2 aromatic carbocycles. The minimum absolute atomic E-state index is 0.104. The maximum Gasteiger partial charge on any atom is 0.421 e. The molecule has 4 aliphatic heterocycles. The van der Waals surface area contributed by atoms with Crippen molar-refractivity contribution in [1.82, 2.24) is 24.3 Å². The highest BCUT2D eigenvalue weighted by atomic mass is 16.5. The fourth-order valence-electron chi connectivity index (χ4n) is 8.35. The van der Waals surface area contributed by atoms with Crippen LogP contribution in [0.4, 0.5) is 10.6 Å². The van der Waals surface area contributed by atoms with Crippen molar-refractivity contribution in [2.45, 2.75) is 57.2 Å². The molecule has 1 N–H and O–H groups in total. The van der Waals surface area contributed by atoms with Crippen molar-refractivity contribution in [3.63, 3.8) is 0 Å². The number of rotatable bonds is 8. The smallest absolute Gasteiger partial charge is 0.421 e. The Morgan fingerprint density at radius 3 is 2.28 bits per heavy atom. The highest BCUT2D eigenvalue weighted by Gasteiger charge is 2.45. The van der Waals surface area contributed by atoms with Gasteiger partial charge in [-0.25, -0.2) is 9.78 Å². The summed E-state index contributed by atoms with van der Waals surface area (Å²) >= 11 is 0. The first kappa shape index (κ1) is 35.3. The van der Waals surface area contributed by atoms with Crippen LogP contribution in [0.2, 0.25) is 0 Å². The molecule has 14 heteroatoms. The maximum atomic E-state index is 13.5. The first-order valence-electron chi connectivity index (χ1n) is 18.3. The Morgan fingerprint density at radius 1 is 0.907 bits per heavy atom. The average molecular weight is 735 g/mol. The summed E-state index contributed by atoms with van der Waals surface area (Å²) in [5.74, 6) is 0.524. The summed E-state index contributed by atoms with van der Waals surface area (Å²) in [5.41, 5.74) is 4.95. The lowest BCUT2D eigenvalue weighted by atomic mass is 9.87. The molecule has 0 radical (unpaired) electrons. The van der Waals surface area contributed by atoms with E-state index in [4.69, 9.17) is 9.47 Å². The number of pyridine rings is 2. The van der Waals surface area contributed by atoms with Gasteiger partial charge in [0.15, 0.2) is 0 Å². The van der Waals surface area contributed by atoms with Gasteiger partial charge in [-0.15, -0.1) is 0 Å². The lowest BCUT2D eigenvalue weighted by molar-refractivity contribution is -0.149. The minimum atomic E-state index is -1.62. The third-order valence-corrected chi connectivity index (χ3v) is 11.5. The predicted molar refractivity (Wildman–Crippen MR) is 199 cm³/mol. The van der Waals surface area contributed by atoms with Gasteiger partial charge >= 0.3 is 6.09 Å². The van der Waals surface area contributed by atoms with E-state index in [0.717, 1.165) is 84.5 Å². The average Bonchev–Trinajstić information content (AvgIpc) is 3.47. The van der Waals surface area contributed by atoms with E-state index < -0.39 is 23.9 Å². The lowest BCUT2D eigenvalue weighted by Crippen LogP contribution is -2.56. The summed E-state index contributed by atoms with van der Waals surface area (Å²) in [6, 6.07) is 10.9. The van der Waals surface area contributed by atoms with Crippen molar-refractivity contribution in [3.8, 4) is 22.6 Å². The van der Waals surface area contributed by atoms with Crippen LogP contribution in [0, 0.1) is 0 Å². The number of anilines is 1. The van der Waals surface area contributed by atoms with Crippen LogP contribution in [0.3, 0.4) is 0 Å². The van der Waals surface area contributed by atoms with E-state index in [-0.39, 0.29) is 41.7 Å². The van der Waals surface area contributed by atoms with Crippen LogP contribution in [0.15, 0.2) is 53.6 Å². The molecule has 4 amide bonds. The molecule has 6 heterocycles. The topological polar surface area (TPSA) is 155 Å². The number of carbonyl (C=O) groups excluding carboxylic acids is 3. The molecule has 54 heavy (non-hydrogen) atoms. The van der Waals surface area contributed by atoms with Gasteiger partial charge in [0.05, 0.1) is 25.2 Å². The van der Waals surface area contributed by atoms with Gasteiger partial charge in [0.25, 0.3) is 17.4 Å². The van der Waals surface area contributed by atoms with Gasteiger partial charge in [0, 0.05) is 68.6 Å². The zero-order valence-corrected chi connectivity index (χ0v) is 30.5. The highest BCUT2D eigenvalue weighted by molar-refractivity contribution is 6.13. The van der Waals surface area contributed by atoms with Gasteiger partial charge in [-0.3, -0.25) is 24.1 Å². The number of hydrogen-bond acceptors (Lipinski definition) is 10. The van der Waals surface area contributed by atoms with E-state index in [1.165, 1.54) is 4.90 Å². The number of carboxylic acid groups (broad SMARTS) is 1. The number of hydrogen-bond donors (Lipinski definition) is 1. The highest BCUT2D eigenvalue weighted by Crippen LogP contribution is 2.40. The number of piperidine rings is 2. The zero-order chi connectivity index (χ0) is 37.8. The third-order valence-electron chi connectivity index (χ3n) is 11.5. The van der Waals surface area contributed by atoms with E-state index in [0.29, 0.717) is 29.0 Å². The van der Waals surface area contributed by atoms with Crippen LogP contribution in [-0.4, -0.2) is 99.6 Å². The van der Waals surface area contributed by atoms with Gasteiger partial charge in [-0.05, 0) is 85.6 Å². The molecule has 4 aromatic rings. The molecule has 3 fully saturated rings. The summed E-state index contributed by atoms with van der Waals surface area (Å²) in [4.78, 5) is 74.0. The van der Waals surface area contributed by atoms with Crippen LogP contribution in [0.5, 0.6) is 11.5 Å². The molecule has 280 valence electrons. The molecule has 0 spiro atoms. The summed E-state index contributed by atoms with van der Waals surface area (Å²) in [7, 11) is 5.05. The van der Waals surface area contributed by atoms with Crippen LogP contribution >= 0.6 is 0 Å². The van der Waals surface area contributed by atoms with Gasteiger partial charge in [0.2, 0.25) is 5.91 Å². The number of nitrogens with zero attached hydrogens (tertiary/aromatic N) is 6. The Kier molecular flexibility index (Phi) is 9.08. The fourth-order valence-corrected chi connectivity index (χ4v) is 8.35. The van der Waals surface area contributed by atoms with E-state index in [1.54, 1.807) is 32.0 Å². The van der Waals surface area contributed by atoms with E-state index in [1.807, 2.05) is 42.6 Å². The number of carbonyl (C=O) groups is 4. The molecule has 0 saturated carbocycles. The molecule has 0 aliphatic carbocycles. The van der Waals surface area contributed by atoms with E-state index >= 15 is 0 Å². The molecule has 1 atom stereocenters. The minimum Gasteiger partial charge on any atom is -0.496 e. The Labute approximate surface area is 311 Å². The Hall–Kier alpha value is -5.76. The van der Waals surface area contributed by atoms with Crippen molar-refractivity contribution in [1.29, 1.82) is 0 Å². The lowest BCUT2D eigenvalue weighted by Gasteiger charge is -2.33. The van der Waals surface area contributed by atoms with Gasteiger partial charge < -0.3 is 28.9 Å². The number of fused-ring (bicyclic) bond motifs is 2. The third kappa shape index (κ3) is 6.03. The molecular formula is C40H42N6O8. The number of amides is 4. The first-order valence-corrected chi connectivity index (χ1v) is 18.3. The van der Waals surface area contributed by atoms with Gasteiger partial charge in [-0.2, -0.15) is 4.90 Å². The summed E-state index contributed by atoms with van der Waals surface area (Å²) < 4.78 is 13.5. The number of aromatic nitrogens is 2. The number of aryl methyl sites for hydroxylation is 1. The molecule has 2 aromatic heterocycles. The van der Waals surface area contributed by atoms with Crippen LogP contribution in [-0.2, 0) is 29.7 Å². The largest absolute Gasteiger partial charge is 0.496 e. The molecule has 8 rings (SSSR count). The molecule has 14 nitrogen and oxygen atoms in total. The number of methoxy groups -OCH3 is 2. The van der Waals surface area contributed by atoms with Crippen LogP contribution in [0.1, 0.15) is 65.1 Å².